The Morgan fingerprint density at radius 3 is 1.27 bits per heavy atom. The second-order valence-electron chi connectivity index (χ2n) is 2.76. The van der Waals surface area contributed by atoms with Crippen molar-refractivity contribution >= 4 is 20.2 Å². The summed E-state index contributed by atoms with van der Waals surface area (Å²) >= 11 is 0. The summed E-state index contributed by atoms with van der Waals surface area (Å²) in [5, 5.41) is 0. The van der Waals surface area contributed by atoms with Crippen LogP contribution in [0, 0.1) is 0 Å². The first-order chi connectivity index (χ1) is 6.21. The molecule has 15 heavy (non-hydrogen) atoms. The number of unbranched alkanes of at least 4 members (excludes halogenated alkanes) is 1. The van der Waals surface area contributed by atoms with Crippen LogP contribution in [0.25, 0.3) is 0 Å². The molecule has 0 fully saturated rings. The standard InChI is InChI=1S/C6H14O6S2.Pt/c1-13(7,8)11-5-3-4-6-12-14(2,9)10;/h3-6H2,1-2H3;. The predicted octanol–water partition coefficient (Wildman–Crippen LogP) is -0.283. The molecule has 0 aromatic carbocycles. The fourth-order valence-corrected chi connectivity index (χ4v) is 1.47. The first kappa shape index (κ1) is 17.9. The molecule has 0 aliphatic rings. The third kappa shape index (κ3) is 17.1. The molecule has 0 rings (SSSR count). The minimum absolute atomic E-state index is 0. The van der Waals surface area contributed by atoms with Gasteiger partial charge in [-0.15, -0.1) is 0 Å². The molecule has 6 nitrogen and oxygen atoms in total. The van der Waals surface area contributed by atoms with Gasteiger partial charge < -0.3 is 0 Å². The molecule has 96 valence electrons. The molecule has 0 bridgehead atoms. The fraction of sp³-hybridized carbons (Fsp3) is 1.00. The first-order valence-electron chi connectivity index (χ1n) is 3.89. The van der Waals surface area contributed by atoms with Gasteiger partial charge in [-0.25, -0.2) is 0 Å². The van der Waals surface area contributed by atoms with E-state index in [1.54, 1.807) is 0 Å². The normalized spacial score (nSPS) is 12.1. The monoisotopic (exact) mass is 441 g/mol. The average Bonchev–Trinajstić information content (AvgIpc) is 1.92. The Hall–Kier alpha value is 0.508. The van der Waals surface area contributed by atoms with Crippen molar-refractivity contribution in [2.75, 3.05) is 25.7 Å². The van der Waals surface area contributed by atoms with Crippen LogP contribution in [0.5, 0.6) is 0 Å². The Labute approximate surface area is 105 Å². The van der Waals surface area contributed by atoms with E-state index in [1.807, 2.05) is 0 Å². The summed E-state index contributed by atoms with van der Waals surface area (Å²) < 4.78 is 50.8. The molecule has 0 saturated carbocycles. The SMILES string of the molecule is CS(=O)(=O)OCCCCOS(C)(=O)=O.[Pt]. The second-order valence-corrected chi connectivity index (χ2v) is 6.05. The Kier molecular flexibility index (Phi) is 9.22. The number of rotatable bonds is 7. The predicted molar refractivity (Wildman–Crippen MR) is 50.8 cm³/mol. The van der Waals surface area contributed by atoms with Gasteiger partial charge >= 0.3 is 0 Å². The third-order valence-corrected chi connectivity index (χ3v) is 2.32. The molecule has 0 atom stereocenters. The van der Waals surface area contributed by atoms with Crippen LogP contribution in [0.4, 0.5) is 0 Å². The summed E-state index contributed by atoms with van der Waals surface area (Å²) in [4.78, 5) is 0. The molecule has 9 heteroatoms. The molecule has 0 spiro atoms. The van der Waals surface area contributed by atoms with E-state index >= 15 is 0 Å². The van der Waals surface area contributed by atoms with Crippen molar-refractivity contribution in [2.45, 2.75) is 12.8 Å². The van der Waals surface area contributed by atoms with Crippen molar-refractivity contribution in [3.63, 3.8) is 0 Å². The van der Waals surface area contributed by atoms with Crippen LogP contribution in [-0.2, 0) is 49.7 Å². The molecule has 0 N–H and O–H groups in total. The molecule has 0 amide bonds. The molecule has 0 unspecified atom stereocenters. The zero-order valence-electron chi connectivity index (χ0n) is 8.41. The van der Waals surface area contributed by atoms with Crippen molar-refractivity contribution in [3.05, 3.63) is 0 Å². The molecular weight excluding hydrogens is 427 g/mol. The van der Waals surface area contributed by atoms with Gasteiger partial charge in [0.15, 0.2) is 0 Å². The Morgan fingerprint density at radius 2 is 1.07 bits per heavy atom. The average molecular weight is 441 g/mol. The van der Waals surface area contributed by atoms with Crippen molar-refractivity contribution in [1.29, 1.82) is 0 Å². The van der Waals surface area contributed by atoms with E-state index in [4.69, 9.17) is 0 Å². The summed E-state index contributed by atoms with van der Waals surface area (Å²) in [5.74, 6) is 0. The minimum atomic E-state index is -3.40. The van der Waals surface area contributed by atoms with E-state index < -0.39 is 20.2 Å². The van der Waals surface area contributed by atoms with Crippen molar-refractivity contribution in [3.8, 4) is 0 Å². The van der Waals surface area contributed by atoms with Crippen LogP contribution < -0.4 is 0 Å². The summed E-state index contributed by atoms with van der Waals surface area (Å²) in [7, 11) is -6.80. The maximum atomic E-state index is 10.5. The zero-order valence-corrected chi connectivity index (χ0v) is 12.3. The van der Waals surface area contributed by atoms with Crippen molar-refractivity contribution < 1.29 is 46.3 Å². The van der Waals surface area contributed by atoms with Crippen LogP contribution in [0.1, 0.15) is 12.8 Å². The van der Waals surface area contributed by atoms with Gasteiger partial charge in [-0.2, -0.15) is 16.8 Å². The van der Waals surface area contributed by atoms with Gasteiger partial charge in [0.05, 0.1) is 25.7 Å². The number of hydrogen-bond acceptors (Lipinski definition) is 6. The molecule has 0 saturated heterocycles. The molecule has 0 radical (unpaired) electrons. The third-order valence-electron chi connectivity index (χ3n) is 1.13. The van der Waals surface area contributed by atoms with Crippen molar-refractivity contribution in [1.82, 2.24) is 0 Å². The largest absolute Gasteiger partial charge is 0.270 e. The summed E-state index contributed by atoms with van der Waals surface area (Å²) in [6.45, 7) is 0.0951. The Bertz CT molecular complexity index is 310. The van der Waals surface area contributed by atoms with Gasteiger partial charge in [-0.3, -0.25) is 8.37 Å². The minimum Gasteiger partial charge on any atom is -0.270 e. The van der Waals surface area contributed by atoms with Gasteiger partial charge in [0.1, 0.15) is 0 Å². The van der Waals surface area contributed by atoms with Crippen LogP contribution in [0.3, 0.4) is 0 Å². The Morgan fingerprint density at radius 1 is 0.800 bits per heavy atom. The molecule has 0 aliphatic carbocycles. The van der Waals surface area contributed by atoms with E-state index in [-0.39, 0.29) is 34.3 Å². The van der Waals surface area contributed by atoms with Crippen LogP contribution in [-0.4, -0.2) is 42.6 Å². The van der Waals surface area contributed by atoms with Gasteiger partial charge in [0.2, 0.25) is 0 Å². The second kappa shape index (κ2) is 7.73. The maximum absolute atomic E-state index is 10.5. The zero-order chi connectivity index (χ0) is 11.2. The first-order valence-corrected chi connectivity index (χ1v) is 7.53. The van der Waals surface area contributed by atoms with Crippen LogP contribution in [0.2, 0.25) is 0 Å². The van der Waals surface area contributed by atoms with Gasteiger partial charge in [0, 0.05) is 21.1 Å². The van der Waals surface area contributed by atoms with E-state index in [2.05, 4.69) is 8.37 Å². The van der Waals surface area contributed by atoms with Crippen molar-refractivity contribution in [2.24, 2.45) is 0 Å². The summed E-state index contributed by atoms with van der Waals surface area (Å²) in [5.41, 5.74) is 0. The summed E-state index contributed by atoms with van der Waals surface area (Å²) in [6.07, 6.45) is 2.78. The smallest absolute Gasteiger partial charge is 0.264 e. The molecule has 0 heterocycles. The molecule has 0 aromatic heterocycles. The van der Waals surface area contributed by atoms with Gasteiger partial charge in [-0.05, 0) is 12.8 Å². The molecule has 0 aromatic rings. The van der Waals surface area contributed by atoms with E-state index in [0.717, 1.165) is 12.5 Å². The van der Waals surface area contributed by atoms with E-state index in [9.17, 15) is 16.8 Å². The Balaban J connectivity index is 0. The quantitative estimate of drug-likeness (QED) is 0.399. The molecular formula is C6H14O6PtS2. The van der Waals surface area contributed by atoms with E-state index in [0.29, 0.717) is 12.8 Å². The number of hydrogen-bond donors (Lipinski definition) is 0. The fourth-order valence-electron chi connectivity index (χ4n) is 0.625. The van der Waals surface area contributed by atoms with Gasteiger partial charge in [-0.1, -0.05) is 0 Å². The van der Waals surface area contributed by atoms with Crippen LogP contribution >= 0.6 is 0 Å². The topological polar surface area (TPSA) is 86.7 Å². The summed E-state index contributed by atoms with van der Waals surface area (Å²) in [6, 6.07) is 0. The van der Waals surface area contributed by atoms with E-state index in [1.165, 1.54) is 0 Å². The molecule has 0 aliphatic heterocycles. The van der Waals surface area contributed by atoms with Gasteiger partial charge in [0.25, 0.3) is 20.2 Å². The maximum Gasteiger partial charge on any atom is 0.264 e. The van der Waals surface area contributed by atoms with Crippen LogP contribution in [0.15, 0.2) is 0 Å².